The lowest BCUT2D eigenvalue weighted by atomic mass is 10.3. The molecule has 0 aliphatic rings. The minimum Gasteiger partial charge on any atom is -0.324 e. The number of hydrazine groups is 1. The van der Waals surface area contributed by atoms with Crippen molar-refractivity contribution in [2.24, 2.45) is 10.8 Å². The van der Waals surface area contributed by atoms with Crippen LogP contribution < -0.4 is 16.6 Å². The van der Waals surface area contributed by atoms with Crippen LogP contribution >= 0.6 is 0 Å². The number of rotatable bonds is 4. The molecule has 1 aromatic heterocycles. The molecule has 0 atom stereocenters. The first-order valence-electron chi connectivity index (χ1n) is 5.89. The Labute approximate surface area is 103 Å². The number of hydrogen-bond donors (Lipinski definition) is 3. The Bertz CT molecular complexity index is 386. The zero-order chi connectivity index (χ0) is 12.7. The van der Waals surface area contributed by atoms with Crippen LogP contribution in [0.5, 0.6) is 0 Å². The summed E-state index contributed by atoms with van der Waals surface area (Å²) < 4.78 is 0. The van der Waals surface area contributed by atoms with E-state index in [0.717, 1.165) is 36.5 Å². The molecule has 0 spiro atoms. The van der Waals surface area contributed by atoms with Gasteiger partial charge in [-0.3, -0.25) is 15.4 Å². The minimum absolute atomic E-state index is 0.576. The van der Waals surface area contributed by atoms with Crippen molar-refractivity contribution in [3.8, 4) is 0 Å². The molecule has 0 aliphatic heterocycles. The van der Waals surface area contributed by atoms with Crippen molar-refractivity contribution < 1.29 is 0 Å². The summed E-state index contributed by atoms with van der Waals surface area (Å²) in [6, 6.07) is 3.93. The number of pyridine rings is 1. The Balaban J connectivity index is 2.70. The van der Waals surface area contributed by atoms with Gasteiger partial charge in [-0.25, -0.2) is 5.84 Å². The molecule has 94 valence electrons. The first-order chi connectivity index (χ1) is 8.17. The fourth-order valence-electron chi connectivity index (χ4n) is 1.42. The van der Waals surface area contributed by atoms with Crippen LogP contribution in [-0.2, 0) is 0 Å². The van der Waals surface area contributed by atoms with E-state index in [9.17, 15) is 0 Å². The first kappa shape index (κ1) is 13.4. The largest absolute Gasteiger partial charge is 0.324 e. The minimum atomic E-state index is 0.576. The van der Waals surface area contributed by atoms with Crippen LogP contribution in [0.4, 0.5) is 5.69 Å². The topological polar surface area (TPSA) is 75.3 Å². The van der Waals surface area contributed by atoms with Gasteiger partial charge in [-0.1, -0.05) is 13.3 Å². The number of hydrogen-bond acceptors (Lipinski definition) is 3. The van der Waals surface area contributed by atoms with Crippen molar-refractivity contribution >= 4 is 11.6 Å². The highest BCUT2D eigenvalue weighted by Gasteiger charge is 2.02. The highest BCUT2D eigenvalue weighted by atomic mass is 15.3. The second kappa shape index (κ2) is 6.85. The summed E-state index contributed by atoms with van der Waals surface area (Å²) in [7, 11) is 0. The molecule has 0 radical (unpaired) electrons. The molecule has 0 bridgehead atoms. The smallest absolute Gasteiger partial charge is 0.210 e. The van der Waals surface area contributed by atoms with Gasteiger partial charge in [0, 0.05) is 12.2 Å². The third-order valence-corrected chi connectivity index (χ3v) is 2.40. The summed E-state index contributed by atoms with van der Waals surface area (Å²) in [6.45, 7) is 6.82. The van der Waals surface area contributed by atoms with E-state index < -0.39 is 0 Å². The van der Waals surface area contributed by atoms with Crippen LogP contribution in [0.15, 0.2) is 17.1 Å². The molecule has 1 heterocycles. The van der Waals surface area contributed by atoms with Gasteiger partial charge < -0.3 is 5.32 Å². The number of aromatic nitrogens is 1. The molecule has 0 fully saturated rings. The van der Waals surface area contributed by atoms with Gasteiger partial charge >= 0.3 is 0 Å². The molecule has 0 unspecified atom stereocenters. The number of guanidine groups is 1. The van der Waals surface area contributed by atoms with Crippen molar-refractivity contribution in [3.05, 3.63) is 23.5 Å². The predicted octanol–water partition coefficient (Wildman–Crippen LogP) is 1.73. The van der Waals surface area contributed by atoms with Gasteiger partial charge in [-0.05, 0) is 32.4 Å². The van der Waals surface area contributed by atoms with Crippen LogP contribution in [0.25, 0.3) is 0 Å². The summed E-state index contributed by atoms with van der Waals surface area (Å²) in [5.41, 5.74) is 5.41. The Morgan fingerprint density at radius 2 is 2.18 bits per heavy atom. The van der Waals surface area contributed by atoms with E-state index in [1.165, 1.54) is 0 Å². The Hall–Kier alpha value is -1.62. The van der Waals surface area contributed by atoms with Gasteiger partial charge in [0.05, 0.1) is 11.4 Å². The van der Waals surface area contributed by atoms with Crippen LogP contribution in [0.1, 0.15) is 31.2 Å². The average molecular weight is 235 g/mol. The number of aliphatic imine (C=N–C) groups is 1. The van der Waals surface area contributed by atoms with Gasteiger partial charge in [0.1, 0.15) is 0 Å². The zero-order valence-electron chi connectivity index (χ0n) is 10.7. The van der Waals surface area contributed by atoms with Crippen molar-refractivity contribution in [2.75, 3.05) is 11.9 Å². The van der Waals surface area contributed by atoms with Crippen LogP contribution in [0.3, 0.4) is 0 Å². The molecule has 0 saturated heterocycles. The van der Waals surface area contributed by atoms with Gasteiger partial charge in [-0.15, -0.1) is 0 Å². The first-order valence-corrected chi connectivity index (χ1v) is 5.89. The van der Waals surface area contributed by atoms with Gasteiger partial charge in [0.2, 0.25) is 5.96 Å². The van der Waals surface area contributed by atoms with Gasteiger partial charge in [0.15, 0.2) is 0 Å². The molecule has 1 rings (SSSR count). The number of anilines is 1. The second-order valence-corrected chi connectivity index (χ2v) is 3.94. The molecule has 0 saturated carbocycles. The maximum Gasteiger partial charge on any atom is 0.210 e. The molecule has 0 amide bonds. The summed E-state index contributed by atoms with van der Waals surface area (Å²) in [5.74, 6) is 6.00. The molecular formula is C12H21N5. The number of nitrogens with one attached hydrogen (secondary N) is 2. The molecule has 5 heteroatoms. The van der Waals surface area contributed by atoms with E-state index in [1.807, 2.05) is 26.0 Å². The Morgan fingerprint density at radius 3 is 2.76 bits per heavy atom. The van der Waals surface area contributed by atoms with Crippen molar-refractivity contribution in [3.63, 3.8) is 0 Å². The maximum atomic E-state index is 5.42. The normalized spacial score (nSPS) is 11.4. The standard InChI is InChI=1S/C12H21N5/c1-4-5-8-14-12(17-13)16-11-7-6-9(2)15-10(11)3/h6-7H,4-5,8,13H2,1-3H3,(H2,14,16,17). The molecule has 5 nitrogen and oxygen atoms in total. The van der Waals surface area contributed by atoms with Crippen molar-refractivity contribution in [1.82, 2.24) is 10.4 Å². The molecule has 1 aromatic rings. The maximum absolute atomic E-state index is 5.42. The highest BCUT2D eigenvalue weighted by molar-refractivity contribution is 5.93. The SMILES string of the molecule is CCCCN=C(NN)Nc1ccc(C)nc1C. The number of nitrogens with two attached hydrogens (primary N) is 1. The molecular weight excluding hydrogens is 214 g/mol. The van der Waals surface area contributed by atoms with Crippen molar-refractivity contribution in [1.29, 1.82) is 0 Å². The lowest BCUT2D eigenvalue weighted by molar-refractivity contribution is 0.801. The molecule has 17 heavy (non-hydrogen) atoms. The third kappa shape index (κ3) is 4.40. The van der Waals surface area contributed by atoms with Crippen LogP contribution in [0.2, 0.25) is 0 Å². The van der Waals surface area contributed by atoms with Crippen LogP contribution in [0, 0.1) is 13.8 Å². The third-order valence-electron chi connectivity index (χ3n) is 2.40. The Kier molecular flexibility index (Phi) is 5.42. The van der Waals surface area contributed by atoms with E-state index in [-0.39, 0.29) is 0 Å². The lowest BCUT2D eigenvalue weighted by Crippen LogP contribution is -2.36. The lowest BCUT2D eigenvalue weighted by Gasteiger charge is -2.11. The summed E-state index contributed by atoms with van der Waals surface area (Å²) in [5, 5.41) is 3.13. The Morgan fingerprint density at radius 1 is 1.41 bits per heavy atom. The number of unbranched alkanes of at least 4 members (excludes halogenated alkanes) is 1. The van der Waals surface area contributed by atoms with E-state index in [1.54, 1.807) is 0 Å². The second-order valence-electron chi connectivity index (χ2n) is 3.94. The summed E-state index contributed by atoms with van der Waals surface area (Å²) in [4.78, 5) is 8.70. The molecule has 0 aliphatic carbocycles. The molecule has 0 aromatic carbocycles. The van der Waals surface area contributed by atoms with E-state index >= 15 is 0 Å². The fourth-order valence-corrected chi connectivity index (χ4v) is 1.42. The highest BCUT2D eigenvalue weighted by Crippen LogP contribution is 2.12. The monoisotopic (exact) mass is 235 g/mol. The van der Waals surface area contributed by atoms with Crippen LogP contribution in [-0.4, -0.2) is 17.5 Å². The van der Waals surface area contributed by atoms with E-state index in [4.69, 9.17) is 5.84 Å². The zero-order valence-corrected chi connectivity index (χ0v) is 10.7. The fraction of sp³-hybridized carbons (Fsp3) is 0.500. The van der Waals surface area contributed by atoms with Gasteiger partial charge in [-0.2, -0.15) is 0 Å². The predicted molar refractivity (Wildman–Crippen MR) is 71.9 cm³/mol. The quantitative estimate of drug-likeness (QED) is 0.244. The number of nitrogens with zero attached hydrogens (tertiary/aromatic N) is 2. The van der Waals surface area contributed by atoms with Gasteiger partial charge in [0.25, 0.3) is 0 Å². The summed E-state index contributed by atoms with van der Waals surface area (Å²) >= 11 is 0. The average Bonchev–Trinajstić information content (AvgIpc) is 2.31. The summed E-state index contributed by atoms with van der Waals surface area (Å²) in [6.07, 6.45) is 2.17. The van der Waals surface area contributed by atoms with E-state index in [0.29, 0.717) is 5.96 Å². The van der Waals surface area contributed by atoms with E-state index in [2.05, 4.69) is 27.6 Å². The number of aryl methyl sites for hydroxylation is 2. The van der Waals surface area contributed by atoms with Crippen molar-refractivity contribution in [2.45, 2.75) is 33.6 Å². The molecule has 4 N–H and O–H groups in total.